The molecule has 0 unspecified atom stereocenters. The van der Waals surface area contributed by atoms with Crippen LogP contribution in [0.15, 0.2) is 40.8 Å². The largest absolute Gasteiger partial charge is 0.490 e. The minimum absolute atomic E-state index is 0.0313. The maximum Gasteiger partial charge on any atom is 0.262 e. The summed E-state index contributed by atoms with van der Waals surface area (Å²) in [5.74, 6) is 1.58. The minimum Gasteiger partial charge on any atom is -0.490 e. The van der Waals surface area contributed by atoms with Crippen LogP contribution in [-0.2, 0) is 11.3 Å². The molecule has 4 heterocycles. The second-order valence-corrected chi connectivity index (χ2v) is 8.53. The van der Waals surface area contributed by atoms with Gasteiger partial charge in [-0.05, 0) is 42.0 Å². The van der Waals surface area contributed by atoms with Gasteiger partial charge in [0.1, 0.15) is 4.83 Å². The van der Waals surface area contributed by atoms with E-state index in [9.17, 15) is 9.59 Å². The van der Waals surface area contributed by atoms with E-state index < -0.39 is 0 Å². The van der Waals surface area contributed by atoms with Gasteiger partial charge in [-0.1, -0.05) is 6.07 Å². The van der Waals surface area contributed by atoms with Crippen molar-refractivity contribution in [2.24, 2.45) is 0 Å². The van der Waals surface area contributed by atoms with E-state index in [-0.39, 0.29) is 23.9 Å². The molecule has 1 amide bonds. The monoisotopic (exact) mass is 425 g/mol. The molecule has 0 bridgehead atoms. The summed E-state index contributed by atoms with van der Waals surface area (Å²) in [5.41, 5.74) is 0.985. The van der Waals surface area contributed by atoms with Crippen molar-refractivity contribution in [3.05, 3.63) is 51.9 Å². The molecular formula is C22H23N3O4S. The molecule has 0 radical (unpaired) electrons. The lowest BCUT2D eigenvalue weighted by molar-refractivity contribution is -0.132. The van der Waals surface area contributed by atoms with Crippen molar-refractivity contribution in [3.63, 3.8) is 0 Å². The first-order valence-corrected chi connectivity index (χ1v) is 11.2. The van der Waals surface area contributed by atoms with Crippen LogP contribution in [0.5, 0.6) is 11.5 Å². The number of ether oxygens (including phenoxy) is 2. The number of aryl methyl sites for hydroxylation is 1. The van der Waals surface area contributed by atoms with Crippen LogP contribution < -0.4 is 15.0 Å². The van der Waals surface area contributed by atoms with Crippen molar-refractivity contribution < 1.29 is 14.3 Å². The molecule has 0 aliphatic carbocycles. The average Bonchev–Trinajstić information content (AvgIpc) is 3.38. The Labute approximate surface area is 177 Å². The molecule has 0 N–H and O–H groups in total. The van der Waals surface area contributed by atoms with Crippen molar-refractivity contribution in [1.29, 1.82) is 0 Å². The predicted octanol–water partition coefficient (Wildman–Crippen LogP) is 3.37. The molecule has 1 atom stereocenters. The maximum atomic E-state index is 13.0. The van der Waals surface area contributed by atoms with Crippen molar-refractivity contribution >= 4 is 27.5 Å². The summed E-state index contributed by atoms with van der Waals surface area (Å²) in [6.45, 7) is 2.36. The normalized spacial score (nSPS) is 18.5. The third kappa shape index (κ3) is 3.56. The summed E-state index contributed by atoms with van der Waals surface area (Å²) >= 11 is 1.45. The molecule has 1 saturated heterocycles. The molecule has 2 aromatic heterocycles. The van der Waals surface area contributed by atoms with Gasteiger partial charge in [-0.15, -0.1) is 11.3 Å². The first-order valence-electron chi connectivity index (χ1n) is 10.3. The van der Waals surface area contributed by atoms with E-state index in [4.69, 9.17) is 9.47 Å². The average molecular weight is 426 g/mol. The highest BCUT2D eigenvalue weighted by molar-refractivity contribution is 7.16. The van der Waals surface area contributed by atoms with Crippen LogP contribution in [0.25, 0.3) is 10.2 Å². The van der Waals surface area contributed by atoms with Gasteiger partial charge in [0.15, 0.2) is 11.5 Å². The van der Waals surface area contributed by atoms with Gasteiger partial charge in [0, 0.05) is 25.9 Å². The fourth-order valence-corrected chi connectivity index (χ4v) is 4.93. The number of carbonyl (C=O) groups is 1. The molecule has 1 aromatic carbocycles. The molecule has 0 saturated carbocycles. The van der Waals surface area contributed by atoms with E-state index in [2.05, 4.69) is 4.98 Å². The van der Waals surface area contributed by atoms with Crippen LogP contribution >= 0.6 is 11.3 Å². The molecular weight excluding hydrogens is 402 g/mol. The first kappa shape index (κ1) is 19.1. The summed E-state index contributed by atoms with van der Waals surface area (Å²) < 4.78 is 13.1. The molecule has 156 valence electrons. The lowest BCUT2D eigenvalue weighted by atomic mass is 10.0. The van der Waals surface area contributed by atoms with Crippen LogP contribution in [0, 0.1) is 0 Å². The molecule has 8 heteroatoms. The van der Waals surface area contributed by atoms with E-state index in [0.29, 0.717) is 25.1 Å². The fourth-order valence-electron chi connectivity index (χ4n) is 4.21. The summed E-state index contributed by atoms with van der Waals surface area (Å²) in [6, 6.07) is 7.80. The fraction of sp³-hybridized carbons (Fsp3) is 0.409. The molecule has 1 fully saturated rings. The number of aromatic nitrogens is 2. The zero-order chi connectivity index (χ0) is 20.5. The van der Waals surface area contributed by atoms with Gasteiger partial charge in [-0.3, -0.25) is 14.2 Å². The second kappa shape index (κ2) is 8.10. The predicted molar refractivity (Wildman–Crippen MR) is 114 cm³/mol. The third-order valence-corrected chi connectivity index (χ3v) is 6.57. The maximum absolute atomic E-state index is 13.0. The minimum atomic E-state index is -0.0880. The topological polar surface area (TPSA) is 73.7 Å². The number of thiophene rings is 1. The lowest BCUT2D eigenvalue weighted by Crippen LogP contribution is -2.32. The first-order chi connectivity index (χ1) is 14.7. The van der Waals surface area contributed by atoms with Gasteiger partial charge in [0.05, 0.1) is 31.0 Å². The van der Waals surface area contributed by atoms with Gasteiger partial charge >= 0.3 is 0 Å². The number of carbonyl (C=O) groups excluding carboxylic acids is 1. The zero-order valence-electron chi connectivity index (χ0n) is 16.6. The molecule has 3 aromatic rings. The number of rotatable bonds is 4. The van der Waals surface area contributed by atoms with Gasteiger partial charge in [0.2, 0.25) is 5.91 Å². The Bertz CT molecular complexity index is 1140. The number of amides is 1. The van der Waals surface area contributed by atoms with Crippen molar-refractivity contribution in [1.82, 2.24) is 14.5 Å². The number of benzene rings is 1. The third-order valence-electron chi connectivity index (χ3n) is 5.75. The number of nitrogens with zero attached hydrogens (tertiary/aromatic N) is 3. The van der Waals surface area contributed by atoms with Crippen molar-refractivity contribution in [2.45, 2.75) is 38.3 Å². The van der Waals surface area contributed by atoms with E-state index in [1.54, 1.807) is 12.4 Å². The molecule has 0 spiro atoms. The van der Waals surface area contributed by atoms with E-state index >= 15 is 0 Å². The quantitative estimate of drug-likeness (QED) is 0.641. The van der Waals surface area contributed by atoms with Gasteiger partial charge < -0.3 is 14.4 Å². The van der Waals surface area contributed by atoms with Crippen LogP contribution in [0.3, 0.4) is 0 Å². The molecule has 5 rings (SSSR count). The SMILES string of the molecule is O=C(CCn1cnc2sccc2c1=O)N1CCC[C@@H]1c1ccc2c(c1)OCCCO2. The Morgan fingerprint density at radius 1 is 1.17 bits per heavy atom. The summed E-state index contributed by atoms with van der Waals surface area (Å²) in [7, 11) is 0. The highest BCUT2D eigenvalue weighted by Crippen LogP contribution is 2.38. The van der Waals surface area contributed by atoms with Crippen LogP contribution in [0.1, 0.15) is 37.3 Å². The Hall–Kier alpha value is -2.87. The van der Waals surface area contributed by atoms with Crippen LogP contribution in [0.4, 0.5) is 0 Å². The number of likely N-dealkylation sites (tertiary alicyclic amines) is 1. The Kier molecular flexibility index (Phi) is 5.16. The van der Waals surface area contributed by atoms with Crippen LogP contribution in [0.2, 0.25) is 0 Å². The lowest BCUT2D eigenvalue weighted by Gasteiger charge is -2.26. The zero-order valence-corrected chi connectivity index (χ0v) is 17.4. The second-order valence-electron chi connectivity index (χ2n) is 7.63. The highest BCUT2D eigenvalue weighted by atomic mass is 32.1. The smallest absolute Gasteiger partial charge is 0.262 e. The Balaban J connectivity index is 1.31. The summed E-state index contributed by atoms with van der Waals surface area (Å²) in [6.07, 6.45) is 4.57. The van der Waals surface area contributed by atoms with Crippen molar-refractivity contribution in [2.75, 3.05) is 19.8 Å². The highest BCUT2D eigenvalue weighted by Gasteiger charge is 2.30. The van der Waals surface area contributed by atoms with Crippen LogP contribution in [-0.4, -0.2) is 40.1 Å². The summed E-state index contributed by atoms with van der Waals surface area (Å²) in [5, 5.41) is 2.47. The number of fused-ring (bicyclic) bond motifs is 2. The van der Waals surface area contributed by atoms with E-state index in [0.717, 1.165) is 47.7 Å². The summed E-state index contributed by atoms with van der Waals surface area (Å²) in [4.78, 5) is 32.5. The van der Waals surface area contributed by atoms with Gasteiger partial charge in [0.25, 0.3) is 5.56 Å². The standard InChI is InChI=1S/C22H23N3O4S/c26-20(6-9-24-14-23-21-16(22(24)27)7-12-30-21)25-8-1-3-17(25)15-4-5-18-19(13-15)29-11-2-10-28-18/h4-5,7,12-14,17H,1-3,6,8-11H2/t17-/m1/s1. The number of hydrogen-bond donors (Lipinski definition) is 0. The number of hydrogen-bond acceptors (Lipinski definition) is 6. The Morgan fingerprint density at radius 3 is 2.93 bits per heavy atom. The van der Waals surface area contributed by atoms with E-state index in [1.807, 2.05) is 28.5 Å². The Morgan fingerprint density at radius 2 is 2.03 bits per heavy atom. The molecule has 7 nitrogen and oxygen atoms in total. The molecule has 2 aliphatic heterocycles. The van der Waals surface area contributed by atoms with E-state index in [1.165, 1.54) is 15.9 Å². The van der Waals surface area contributed by atoms with Crippen molar-refractivity contribution in [3.8, 4) is 11.5 Å². The van der Waals surface area contributed by atoms with Gasteiger partial charge in [-0.2, -0.15) is 0 Å². The van der Waals surface area contributed by atoms with Gasteiger partial charge in [-0.25, -0.2) is 4.98 Å². The molecule has 2 aliphatic rings. The molecule has 30 heavy (non-hydrogen) atoms.